The number of hydrogen-bond acceptors (Lipinski definition) is 2. The maximum Gasteiger partial charge on any atom is 0.240 e. The van der Waals surface area contributed by atoms with E-state index in [0.29, 0.717) is 12.0 Å². The molecular formula is C15H28N2O. The molecule has 104 valence electrons. The van der Waals surface area contributed by atoms with E-state index in [2.05, 4.69) is 18.7 Å². The van der Waals surface area contributed by atoms with Crippen LogP contribution in [-0.4, -0.2) is 29.4 Å². The number of likely N-dealkylation sites (tertiary alicyclic amines) is 1. The van der Waals surface area contributed by atoms with Crippen LogP contribution in [-0.2, 0) is 4.79 Å². The maximum absolute atomic E-state index is 12.6. The van der Waals surface area contributed by atoms with Crippen molar-refractivity contribution in [3.8, 4) is 0 Å². The molecule has 2 N–H and O–H groups in total. The van der Waals surface area contributed by atoms with Crippen molar-refractivity contribution in [1.82, 2.24) is 4.90 Å². The Bertz CT molecular complexity index is 290. The minimum absolute atomic E-state index is 0.209. The predicted octanol–water partition coefficient (Wildman–Crippen LogP) is 2.54. The summed E-state index contributed by atoms with van der Waals surface area (Å²) in [4.78, 5) is 14.7. The molecule has 0 aromatic rings. The van der Waals surface area contributed by atoms with Gasteiger partial charge in [-0.1, -0.05) is 33.1 Å². The van der Waals surface area contributed by atoms with Crippen molar-refractivity contribution < 1.29 is 4.79 Å². The molecular weight excluding hydrogens is 224 g/mol. The van der Waals surface area contributed by atoms with Crippen LogP contribution in [0, 0.1) is 11.8 Å². The molecule has 0 aromatic carbocycles. The van der Waals surface area contributed by atoms with Crippen LogP contribution < -0.4 is 5.73 Å². The lowest BCUT2D eigenvalue weighted by molar-refractivity contribution is -0.140. The van der Waals surface area contributed by atoms with Crippen LogP contribution in [0.25, 0.3) is 0 Å². The van der Waals surface area contributed by atoms with Gasteiger partial charge in [-0.2, -0.15) is 0 Å². The van der Waals surface area contributed by atoms with E-state index in [9.17, 15) is 4.79 Å². The molecule has 0 radical (unpaired) electrons. The van der Waals surface area contributed by atoms with Crippen LogP contribution in [0.2, 0.25) is 0 Å². The number of nitrogens with two attached hydrogens (primary N) is 1. The number of rotatable bonds is 3. The fraction of sp³-hybridized carbons (Fsp3) is 0.933. The van der Waals surface area contributed by atoms with Crippen molar-refractivity contribution in [3.63, 3.8) is 0 Å². The first kappa shape index (κ1) is 13.9. The quantitative estimate of drug-likeness (QED) is 0.839. The first-order valence-corrected chi connectivity index (χ1v) is 7.71. The highest BCUT2D eigenvalue weighted by atomic mass is 16.2. The zero-order valence-corrected chi connectivity index (χ0v) is 11.9. The molecule has 1 aliphatic heterocycles. The van der Waals surface area contributed by atoms with Crippen molar-refractivity contribution in [2.45, 2.75) is 70.9 Å². The third-order valence-corrected chi connectivity index (χ3v) is 5.07. The van der Waals surface area contributed by atoms with Crippen LogP contribution >= 0.6 is 0 Å². The molecule has 3 nitrogen and oxygen atoms in total. The molecule has 0 bridgehead atoms. The van der Waals surface area contributed by atoms with E-state index in [4.69, 9.17) is 5.73 Å². The molecule has 2 rings (SSSR count). The molecule has 0 spiro atoms. The normalized spacial score (nSPS) is 31.6. The topological polar surface area (TPSA) is 46.3 Å². The second kappa shape index (κ2) is 6.05. The highest BCUT2D eigenvalue weighted by Gasteiger charge is 2.37. The van der Waals surface area contributed by atoms with E-state index in [1.165, 1.54) is 38.5 Å². The van der Waals surface area contributed by atoms with Crippen molar-refractivity contribution in [2.75, 3.05) is 6.54 Å². The molecule has 1 saturated heterocycles. The zero-order chi connectivity index (χ0) is 13.1. The maximum atomic E-state index is 12.6. The third kappa shape index (κ3) is 2.71. The van der Waals surface area contributed by atoms with Gasteiger partial charge >= 0.3 is 0 Å². The standard InChI is InChI=1S/C15H28N2O/c1-3-11(2)14(16)15(18)17-10-6-8-12-7-4-5-9-13(12)17/h11-14H,3-10,16H2,1-2H3. The predicted molar refractivity (Wildman–Crippen MR) is 74.1 cm³/mol. The zero-order valence-electron chi connectivity index (χ0n) is 11.9. The molecule has 2 fully saturated rings. The Balaban J connectivity index is 2.03. The Morgan fingerprint density at radius 3 is 2.67 bits per heavy atom. The van der Waals surface area contributed by atoms with Crippen molar-refractivity contribution in [2.24, 2.45) is 17.6 Å². The van der Waals surface area contributed by atoms with Crippen LogP contribution in [0.5, 0.6) is 0 Å². The molecule has 18 heavy (non-hydrogen) atoms. The first-order valence-electron chi connectivity index (χ1n) is 7.71. The van der Waals surface area contributed by atoms with Gasteiger partial charge in [0.05, 0.1) is 6.04 Å². The minimum atomic E-state index is -0.296. The van der Waals surface area contributed by atoms with Crippen LogP contribution in [0.3, 0.4) is 0 Å². The Morgan fingerprint density at radius 2 is 1.94 bits per heavy atom. The Hall–Kier alpha value is -0.570. The summed E-state index contributed by atoms with van der Waals surface area (Å²) in [5.74, 6) is 1.25. The van der Waals surface area contributed by atoms with Crippen molar-refractivity contribution >= 4 is 5.91 Å². The number of amides is 1. The van der Waals surface area contributed by atoms with Gasteiger partial charge in [0.2, 0.25) is 5.91 Å². The fourth-order valence-corrected chi connectivity index (χ4v) is 3.59. The summed E-state index contributed by atoms with van der Waals surface area (Å²) in [6.45, 7) is 5.13. The minimum Gasteiger partial charge on any atom is -0.338 e. The summed E-state index contributed by atoms with van der Waals surface area (Å²) < 4.78 is 0. The third-order valence-electron chi connectivity index (χ3n) is 5.07. The number of nitrogens with zero attached hydrogens (tertiary/aromatic N) is 1. The molecule has 4 unspecified atom stereocenters. The van der Waals surface area contributed by atoms with Gasteiger partial charge in [-0.15, -0.1) is 0 Å². The van der Waals surface area contributed by atoms with Gasteiger partial charge in [0.1, 0.15) is 0 Å². The van der Waals surface area contributed by atoms with E-state index >= 15 is 0 Å². The van der Waals surface area contributed by atoms with Gasteiger partial charge in [-0.3, -0.25) is 4.79 Å². The average molecular weight is 252 g/mol. The average Bonchev–Trinajstić information content (AvgIpc) is 2.44. The van der Waals surface area contributed by atoms with Crippen molar-refractivity contribution in [1.29, 1.82) is 0 Å². The van der Waals surface area contributed by atoms with E-state index in [1.54, 1.807) is 0 Å². The fourth-order valence-electron chi connectivity index (χ4n) is 3.59. The summed E-state index contributed by atoms with van der Waals surface area (Å²) in [6, 6.07) is 0.200. The van der Waals surface area contributed by atoms with Gasteiger partial charge in [-0.25, -0.2) is 0 Å². The van der Waals surface area contributed by atoms with Crippen LogP contribution in [0.15, 0.2) is 0 Å². The SMILES string of the molecule is CCC(C)C(N)C(=O)N1CCCC2CCCCC21. The number of piperidine rings is 1. The highest BCUT2D eigenvalue weighted by molar-refractivity contribution is 5.82. The van der Waals surface area contributed by atoms with E-state index in [1.807, 2.05) is 0 Å². The Morgan fingerprint density at radius 1 is 1.28 bits per heavy atom. The monoisotopic (exact) mass is 252 g/mol. The summed E-state index contributed by atoms with van der Waals surface area (Å²) in [7, 11) is 0. The van der Waals surface area contributed by atoms with Gasteiger partial charge in [0.15, 0.2) is 0 Å². The van der Waals surface area contributed by atoms with E-state index in [0.717, 1.165) is 18.9 Å². The number of fused-ring (bicyclic) bond motifs is 1. The molecule has 1 saturated carbocycles. The smallest absolute Gasteiger partial charge is 0.240 e. The molecule has 0 aromatic heterocycles. The van der Waals surface area contributed by atoms with Crippen LogP contribution in [0.1, 0.15) is 58.8 Å². The molecule has 1 aliphatic carbocycles. The summed E-state index contributed by atoms with van der Waals surface area (Å²) >= 11 is 0. The number of hydrogen-bond donors (Lipinski definition) is 1. The first-order chi connectivity index (χ1) is 8.65. The van der Waals surface area contributed by atoms with Gasteiger partial charge < -0.3 is 10.6 Å². The lowest BCUT2D eigenvalue weighted by Crippen LogP contribution is -2.55. The van der Waals surface area contributed by atoms with Crippen molar-refractivity contribution in [3.05, 3.63) is 0 Å². The number of carbonyl (C=O) groups is 1. The van der Waals surface area contributed by atoms with Gasteiger partial charge in [0.25, 0.3) is 0 Å². The van der Waals surface area contributed by atoms with Gasteiger partial charge in [0, 0.05) is 12.6 Å². The Kier molecular flexibility index (Phi) is 4.66. The molecule has 4 atom stereocenters. The van der Waals surface area contributed by atoms with E-state index in [-0.39, 0.29) is 11.9 Å². The largest absolute Gasteiger partial charge is 0.338 e. The second-order valence-corrected chi connectivity index (χ2v) is 6.20. The summed E-state index contributed by atoms with van der Waals surface area (Å²) in [6.07, 6.45) is 8.60. The highest BCUT2D eigenvalue weighted by Crippen LogP contribution is 2.35. The molecule has 1 heterocycles. The second-order valence-electron chi connectivity index (χ2n) is 6.20. The molecule has 3 heteroatoms. The van der Waals surface area contributed by atoms with Gasteiger partial charge in [-0.05, 0) is 37.5 Å². The van der Waals surface area contributed by atoms with Crippen LogP contribution in [0.4, 0.5) is 0 Å². The Labute approximate surface area is 111 Å². The lowest BCUT2D eigenvalue weighted by atomic mass is 9.78. The molecule has 1 amide bonds. The molecule has 2 aliphatic rings. The number of carbonyl (C=O) groups excluding carboxylic acids is 1. The van der Waals surface area contributed by atoms with E-state index < -0.39 is 0 Å². The lowest BCUT2D eigenvalue weighted by Gasteiger charge is -2.45. The summed E-state index contributed by atoms with van der Waals surface area (Å²) in [5, 5.41) is 0. The summed E-state index contributed by atoms with van der Waals surface area (Å²) in [5.41, 5.74) is 6.13.